The Morgan fingerprint density at radius 1 is 1.28 bits per heavy atom. The summed E-state index contributed by atoms with van der Waals surface area (Å²) in [5, 5.41) is 21.4. The van der Waals surface area contributed by atoms with Gasteiger partial charge in [0.1, 0.15) is 11.4 Å². The first-order valence-corrected chi connectivity index (χ1v) is 7.81. The van der Waals surface area contributed by atoms with Crippen LogP contribution in [0.5, 0.6) is 0 Å². The number of aliphatic hydroxyl groups excluding tert-OH is 1. The molecule has 2 rings (SSSR count). The van der Waals surface area contributed by atoms with E-state index in [4.69, 9.17) is 0 Å². The molecule has 0 bridgehead atoms. The lowest BCUT2D eigenvalue weighted by Gasteiger charge is -2.24. The summed E-state index contributed by atoms with van der Waals surface area (Å²) in [6.07, 6.45) is -0.927. The van der Waals surface area contributed by atoms with E-state index in [-0.39, 0.29) is 18.7 Å². The molecule has 0 aromatic heterocycles. The minimum absolute atomic E-state index is 0.0209. The van der Waals surface area contributed by atoms with Crippen LogP contribution in [-0.4, -0.2) is 33.9 Å². The van der Waals surface area contributed by atoms with Crippen molar-refractivity contribution in [3.8, 4) is 0 Å². The number of amides is 1. The largest absolute Gasteiger partial charge is 0.387 e. The normalized spacial score (nSPS) is 11.8. The van der Waals surface area contributed by atoms with Crippen LogP contribution in [0, 0.1) is 22.9 Å². The highest BCUT2D eigenvalue weighted by molar-refractivity contribution is 5.98. The van der Waals surface area contributed by atoms with Crippen LogP contribution in [0.3, 0.4) is 0 Å². The number of aryl methyl sites for hydroxylation is 1. The van der Waals surface area contributed by atoms with Gasteiger partial charge in [0, 0.05) is 6.54 Å². The summed E-state index contributed by atoms with van der Waals surface area (Å²) in [7, 11) is 0. The highest BCUT2D eigenvalue weighted by atomic mass is 19.1. The van der Waals surface area contributed by atoms with Crippen molar-refractivity contribution in [1.82, 2.24) is 4.90 Å². The number of nitro groups is 1. The molecule has 0 fully saturated rings. The molecule has 0 spiro atoms. The van der Waals surface area contributed by atoms with Crippen molar-refractivity contribution in [2.45, 2.75) is 20.0 Å². The quantitative estimate of drug-likeness (QED) is 0.643. The maximum Gasteiger partial charge on any atom is 0.285 e. The van der Waals surface area contributed by atoms with Gasteiger partial charge in [-0.2, -0.15) is 0 Å². The lowest BCUT2D eigenvalue weighted by Crippen LogP contribution is -2.35. The topological polar surface area (TPSA) is 83.7 Å². The molecule has 7 heteroatoms. The Morgan fingerprint density at radius 3 is 2.48 bits per heavy atom. The summed E-state index contributed by atoms with van der Waals surface area (Å²) in [4.78, 5) is 24.2. The van der Waals surface area contributed by atoms with Crippen molar-refractivity contribution in [3.05, 3.63) is 75.1 Å². The zero-order chi connectivity index (χ0) is 18.6. The second kappa shape index (κ2) is 7.85. The van der Waals surface area contributed by atoms with Gasteiger partial charge < -0.3 is 10.0 Å². The van der Waals surface area contributed by atoms with Gasteiger partial charge in [-0.05, 0) is 31.5 Å². The monoisotopic (exact) mass is 346 g/mol. The van der Waals surface area contributed by atoms with Gasteiger partial charge in [0.25, 0.3) is 11.6 Å². The summed E-state index contributed by atoms with van der Waals surface area (Å²) in [6, 6.07) is 10.0. The third kappa shape index (κ3) is 4.39. The molecule has 132 valence electrons. The predicted octanol–water partition coefficient (Wildman–Crippen LogP) is 3.24. The van der Waals surface area contributed by atoms with Crippen LogP contribution in [0.15, 0.2) is 42.5 Å². The first-order valence-electron chi connectivity index (χ1n) is 7.81. The number of nitrogens with zero attached hydrogens (tertiary/aromatic N) is 2. The Kier molecular flexibility index (Phi) is 5.82. The van der Waals surface area contributed by atoms with Crippen LogP contribution in [0.1, 0.15) is 34.5 Å². The van der Waals surface area contributed by atoms with Crippen molar-refractivity contribution < 1.29 is 19.2 Å². The first-order chi connectivity index (χ1) is 11.8. The Hall–Kier alpha value is -2.80. The fraction of sp³-hybridized carbons (Fsp3) is 0.278. The van der Waals surface area contributed by atoms with E-state index in [1.54, 1.807) is 19.1 Å². The third-order valence-corrected chi connectivity index (χ3v) is 3.91. The number of rotatable bonds is 6. The number of benzene rings is 2. The third-order valence-electron chi connectivity index (χ3n) is 3.91. The average molecular weight is 346 g/mol. The molecular weight excluding hydrogens is 327 g/mol. The molecular formula is C18H19FN2O4. The van der Waals surface area contributed by atoms with Crippen LogP contribution in [0.2, 0.25) is 0 Å². The van der Waals surface area contributed by atoms with E-state index in [2.05, 4.69) is 0 Å². The molecule has 2 aromatic carbocycles. The highest BCUT2D eigenvalue weighted by Gasteiger charge is 2.26. The number of likely N-dealkylation sites (N-methyl/N-ethyl adjacent to an activating group) is 1. The summed E-state index contributed by atoms with van der Waals surface area (Å²) < 4.78 is 13.2. The minimum Gasteiger partial charge on any atom is -0.387 e. The van der Waals surface area contributed by atoms with Crippen molar-refractivity contribution in [2.24, 2.45) is 0 Å². The number of carbonyl (C=O) groups excluding carboxylic acids is 1. The molecule has 1 atom stereocenters. The van der Waals surface area contributed by atoms with Gasteiger partial charge in [0.2, 0.25) is 0 Å². The van der Waals surface area contributed by atoms with E-state index in [1.165, 1.54) is 4.90 Å². The fourth-order valence-corrected chi connectivity index (χ4v) is 2.47. The molecule has 1 N–H and O–H groups in total. The second-order valence-electron chi connectivity index (χ2n) is 5.69. The number of aliphatic hydroxyl groups is 1. The van der Waals surface area contributed by atoms with Crippen LogP contribution in [0.4, 0.5) is 10.1 Å². The molecule has 0 saturated heterocycles. The van der Waals surface area contributed by atoms with Crippen molar-refractivity contribution >= 4 is 11.6 Å². The maximum atomic E-state index is 13.2. The molecule has 0 aliphatic carbocycles. The average Bonchev–Trinajstić information content (AvgIpc) is 2.59. The zero-order valence-corrected chi connectivity index (χ0v) is 14.0. The van der Waals surface area contributed by atoms with Crippen LogP contribution in [-0.2, 0) is 0 Å². The van der Waals surface area contributed by atoms with E-state index in [0.717, 1.165) is 23.8 Å². The van der Waals surface area contributed by atoms with Gasteiger partial charge in [-0.1, -0.05) is 29.8 Å². The number of halogens is 1. The first kappa shape index (κ1) is 18.5. The smallest absolute Gasteiger partial charge is 0.285 e. The van der Waals surface area contributed by atoms with Crippen LogP contribution in [0.25, 0.3) is 0 Å². The number of hydrogen-bond acceptors (Lipinski definition) is 4. The van der Waals surface area contributed by atoms with Gasteiger partial charge in [0.15, 0.2) is 0 Å². The molecule has 0 heterocycles. The molecule has 0 aliphatic rings. The molecule has 0 aliphatic heterocycles. The fourth-order valence-electron chi connectivity index (χ4n) is 2.47. The van der Waals surface area contributed by atoms with Gasteiger partial charge >= 0.3 is 0 Å². The number of hydrogen-bond donors (Lipinski definition) is 1. The zero-order valence-electron chi connectivity index (χ0n) is 14.0. The minimum atomic E-state index is -0.927. The van der Waals surface area contributed by atoms with E-state index in [0.29, 0.717) is 5.56 Å². The summed E-state index contributed by atoms with van der Waals surface area (Å²) >= 11 is 0. The lowest BCUT2D eigenvalue weighted by molar-refractivity contribution is -0.385. The van der Waals surface area contributed by atoms with Gasteiger partial charge in [0.05, 0.1) is 23.6 Å². The maximum absolute atomic E-state index is 13.2. The molecule has 1 unspecified atom stereocenters. The van der Waals surface area contributed by atoms with Crippen molar-refractivity contribution in [1.29, 1.82) is 0 Å². The predicted molar refractivity (Wildman–Crippen MR) is 90.8 cm³/mol. The SMILES string of the molecule is CCN(CC(O)c1ccc(C)cc1)C(=O)c1ccc(F)cc1[N+](=O)[O-]. The molecule has 6 nitrogen and oxygen atoms in total. The van der Waals surface area contributed by atoms with Crippen molar-refractivity contribution in [3.63, 3.8) is 0 Å². The number of carbonyl (C=O) groups is 1. The van der Waals surface area contributed by atoms with E-state index in [9.17, 15) is 24.4 Å². The second-order valence-corrected chi connectivity index (χ2v) is 5.69. The van der Waals surface area contributed by atoms with Crippen LogP contribution >= 0.6 is 0 Å². The number of nitro benzene ring substituents is 1. The summed E-state index contributed by atoms with van der Waals surface area (Å²) in [6.45, 7) is 3.85. The Bertz CT molecular complexity index is 777. The van der Waals surface area contributed by atoms with E-state index in [1.807, 2.05) is 19.1 Å². The van der Waals surface area contributed by atoms with Crippen LogP contribution < -0.4 is 0 Å². The Balaban J connectivity index is 2.24. The highest BCUT2D eigenvalue weighted by Crippen LogP contribution is 2.23. The molecule has 0 radical (unpaired) electrons. The summed E-state index contributed by atoms with van der Waals surface area (Å²) in [5.74, 6) is -1.41. The molecule has 0 saturated carbocycles. The van der Waals surface area contributed by atoms with E-state index >= 15 is 0 Å². The van der Waals surface area contributed by atoms with Gasteiger partial charge in [-0.25, -0.2) is 4.39 Å². The molecule has 25 heavy (non-hydrogen) atoms. The lowest BCUT2D eigenvalue weighted by atomic mass is 10.1. The van der Waals surface area contributed by atoms with E-state index < -0.39 is 28.4 Å². The van der Waals surface area contributed by atoms with Gasteiger partial charge in [-0.15, -0.1) is 0 Å². The molecule has 1 amide bonds. The van der Waals surface area contributed by atoms with Crippen molar-refractivity contribution in [2.75, 3.05) is 13.1 Å². The standard InChI is InChI=1S/C18H19FN2O4/c1-3-20(11-17(22)13-6-4-12(2)5-7-13)18(23)15-9-8-14(19)10-16(15)21(24)25/h4-10,17,22H,3,11H2,1-2H3. The van der Waals surface area contributed by atoms with Gasteiger partial charge in [-0.3, -0.25) is 14.9 Å². The Morgan fingerprint density at radius 2 is 1.92 bits per heavy atom. The Labute approximate surface area is 144 Å². The summed E-state index contributed by atoms with van der Waals surface area (Å²) in [5.41, 5.74) is 0.893. The molecule has 2 aromatic rings.